The molecule has 0 aliphatic rings. The van der Waals surface area contributed by atoms with Crippen LogP contribution in [0.15, 0.2) is 26.4 Å². The van der Waals surface area contributed by atoms with E-state index in [-0.39, 0.29) is 17.5 Å². The van der Waals surface area contributed by atoms with Crippen molar-refractivity contribution in [3.05, 3.63) is 22.6 Å². The first kappa shape index (κ1) is 15.6. The molecule has 3 N–H and O–H groups in total. The molecule has 19 heavy (non-hydrogen) atoms. The third-order valence-electron chi connectivity index (χ3n) is 2.42. The maximum Gasteiger partial charge on any atom is 0.289 e. The molecule has 0 atom stereocenters. The molecule has 0 saturated carbocycles. The van der Waals surface area contributed by atoms with E-state index in [1.807, 2.05) is 13.8 Å². The Bertz CT molecular complexity index is 457. The minimum absolute atomic E-state index is 0.0992. The number of amidine groups is 1. The molecule has 0 fully saturated rings. The molecular weight excluding hydrogens is 314 g/mol. The summed E-state index contributed by atoms with van der Waals surface area (Å²) in [6, 6.07) is 3.29. The summed E-state index contributed by atoms with van der Waals surface area (Å²) in [7, 11) is 0. The lowest BCUT2D eigenvalue weighted by Gasteiger charge is -2.23. The molecule has 0 spiro atoms. The second-order valence-electron chi connectivity index (χ2n) is 4.59. The largest absolute Gasteiger partial charge is 0.444 e. The van der Waals surface area contributed by atoms with Gasteiger partial charge in [0.25, 0.3) is 5.91 Å². The number of carbonyl (C=O) groups is 1. The zero-order chi connectivity index (χ0) is 14.4. The van der Waals surface area contributed by atoms with Crippen LogP contribution in [0, 0.1) is 5.92 Å². The molecule has 0 radical (unpaired) electrons. The van der Waals surface area contributed by atoms with E-state index >= 15 is 0 Å². The highest BCUT2D eigenvalue weighted by Gasteiger charge is 2.20. The number of hydrogen-bond acceptors (Lipinski definition) is 4. The summed E-state index contributed by atoms with van der Waals surface area (Å²) in [5, 5.41) is 11.4. The first-order chi connectivity index (χ1) is 8.93. The lowest BCUT2D eigenvalue weighted by molar-refractivity contribution is 0.0707. The van der Waals surface area contributed by atoms with Crippen molar-refractivity contribution in [2.75, 3.05) is 13.1 Å². The van der Waals surface area contributed by atoms with Gasteiger partial charge >= 0.3 is 0 Å². The highest BCUT2D eigenvalue weighted by molar-refractivity contribution is 9.10. The van der Waals surface area contributed by atoms with E-state index in [0.29, 0.717) is 30.1 Å². The van der Waals surface area contributed by atoms with Crippen LogP contribution >= 0.6 is 15.9 Å². The molecule has 1 amide bonds. The zero-order valence-corrected chi connectivity index (χ0v) is 12.6. The SMILES string of the molecule is CC(C)CN(CCC(N)=NO)C(=O)c1ccc(Br)o1. The third-order valence-corrected chi connectivity index (χ3v) is 2.85. The molecule has 0 bridgehead atoms. The number of nitrogens with two attached hydrogens (primary N) is 1. The van der Waals surface area contributed by atoms with Gasteiger partial charge in [-0.2, -0.15) is 0 Å². The van der Waals surface area contributed by atoms with Crippen LogP contribution < -0.4 is 5.73 Å². The predicted molar refractivity (Wildman–Crippen MR) is 75.2 cm³/mol. The van der Waals surface area contributed by atoms with Crippen LogP contribution in [0.5, 0.6) is 0 Å². The Balaban J connectivity index is 2.75. The molecule has 1 aromatic heterocycles. The Kier molecular flexibility index (Phi) is 5.88. The van der Waals surface area contributed by atoms with Crippen LogP contribution in [0.2, 0.25) is 0 Å². The van der Waals surface area contributed by atoms with Gasteiger partial charge in [-0.15, -0.1) is 0 Å². The van der Waals surface area contributed by atoms with Crippen LogP contribution in [0.25, 0.3) is 0 Å². The maximum absolute atomic E-state index is 12.3. The number of carbonyl (C=O) groups excluding carboxylic acids is 1. The van der Waals surface area contributed by atoms with Crippen molar-refractivity contribution < 1.29 is 14.4 Å². The van der Waals surface area contributed by atoms with E-state index in [9.17, 15) is 4.79 Å². The summed E-state index contributed by atoms with van der Waals surface area (Å²) in [5.41, 5.74) is 5.43. The van der Waals surface area contributed by atoms with Crippen molar-refractivity contribution in [2.24, 2.45) is 16.8 Å². The molecule has 7 heteroatoms. The van der Waals surface area contributed by atoms with Crippen LogP contribution in [-0.4, -0.2) is 34.9 Å². The number of amides is 1. The minimum Gasteiger partial charge on any atom is -0.444 e. The van der Waals surface area contributed by atoms with Crippen LogP contribution in [-0.2, 0) is 0 Å². The van der Waals surface area contributed by atoms with Crippen LogP contribution in [0.4, 0.5) is 0 Å². The fourth-order valence-corrected chi connectivity index (χ4v) is 1.91. The van der Waals surface area contributed by atoms with Crippen molar-refractivity contribution in [3.63, 3.8) is 0 Å². The average molecular weight is 332 g/mol. The number of hydrogen-bond donors (Lipinski definition) is 2. The van der Waals surface area contributed by atoms with Gasteiger partial charge in [-0.25, -0.2) is 0 Å². The highest BCUT2D eigenvalue weighted by atomic mass is 79.9. The fourth-order valence-electron chi connectivity index (χ4n) is 1.60. The lowest BCUT2D eigenvalue weighted by atomic mass is 10.2. The summed E-state index contributed by atoms with van der Waals surface area (Å²) >= 11 is 3.16. The van der Waals surface area contributed by atoms with E-state index in [1.54, 1.807) is 17.0 Å². The fraction of sp³-hybridized carbons (Fsp3) is 0.500. The van der Waals surface area contributed by atoms with E-state index in [2.05, 4.69) is 21.1 Å². The number of oxime groups is 1. The smallest absolute Gasteiger partial charge is 0.289 e. The molecule has 1 heterocycles. The first-order valence-corrected chi connectivity index (χ1v) is 6.74. The van der Waals surface area contributed by atoms with Crippen molar-refractivity contribution in [2.45, 2.75) is 20.3 Å². The Morgan fingerprint density at radius 3 is 2.74 bits per heavy atom. The molecule has 1 aromatic rings. The molecule has 106 valence electrons. The molecule has 0 aromatic carbocycles. The molecule has 1 rings (SSSR count). The molecule has 0 aliphatic heterocycles. The molecule has 0 saturated heterocycles. The van der Waals surface area contributed by atoms with E-state index in [0.717, 1.165) is 0 Å². The van der Waals surface area contributed by atoms with Gasteiger partial charge in [-0.1, -0.05) is 19.0 Å². The highest BCUT2D eigenvalue weighted by Crippen LogP contribution is 2.16. The van der Waals surface area contributed by atoms with E-state index in [1.165, 1.54) is 0 Å². The standard InChI is InChI=1S/C12H18BrN3O3/c1-8(2)7-16(6-5-11(14)15-18)12(17)9-3-4-10(13)19-9/h3-4,8,18H,5-7H2,1-2H3,(H2,14,15). The monoisotopic (exact) mass is 331 g/mol. The Morgan fingerprint density at radius 1 is 1.58 bits per heavy atom. The minimum atomic E-state index is -0.204. The summed E-state index contributed by atoms with van der Waals surface area (Å²) in [4.78, 5) is 13.9. The predicted octanol–water partition coefficient (Wildman–Crippen LogP) is 2.28. The lowest BCUT2D eigenvalue weighted by Crippen LogP contribution is -2.36. The average Bonchev–Trinajstić information content (AvgIpc) is 2.79. The number of nitrogens with zero attached hydrogens (tertiary/aromatic N) is 2. The van der Waals surface area contributed by atoms with Gasteiger partial charge in [0.1, 0.15) is 5.84 Å². The van der Waals surface area contributed by atoms with Gasteiger partial charge in [0.15, 0.2) is 10.4 Å². The van der Waals surface area contributed by atoms with E-state index < -0.39 is 0 Å². The number of furan rings is 1. The van der Waals surface area contributed by atoms with Crippen molar-refractivity contribution in [1.29, 1.82) is 0 Å². The van der Waals surface area contributed by atoms with Gasteiger partial charge in [-0.3, -0.25) is 4.79 Å². The molecule has 6 nitrogen and oxygen atoms in total. The second-order valence-corrected chi connectivity index (χ2v) is 5.37. The molecule has 0 aliphatic carbocycles. The zero-order valence-electron chi connectivity index (χ0n) is 11.0. The molecule has 0 unspecified atom stereocenters. The first-order valence-electron chi connectivity index (χ1n) is 5.95. The van der Waals surface area contributed by atoms with Gasteiger partial charge in [0.2, 0.25) is 0 Å². The van der Waals surface area contributed by atoms with Gasteiger partial charge in [0, 0.05) is 19.5 Å². The van der Waals surface area contributed by atoms with Gasteiger partial charge < -0.3 is 20.3 Å². The number of rotatable bonds is 6. The summed E-state index contributed by atoms with van der Waals surface area (Å²) < 4.78 is 5.77. The maximum atomic E-state index is 12.3. The number of halogens is 1. The normalized spacial score (nSPS) is 11.9. The Hall–Kier alpha value is -1.50. The van der Waals surface area contributed by atoms with Crippen molar-refractivity contribution in [3.8, 4) is 0 Å². The summed E-state index contributed by atoms with van der Waals surface area (Å²) in [6.07, 6.45) is 0.316. The topological polar surface area (TPSA) is 92.1 Å². The van der Waals surface area contributed by atoms with Crippen molar-refractivity contribution >= 4 is 27.7 Å². The quantitative estimate of drug-likeness (QED) is 0.362. The van der Waals surface area contributed by atoms with E-state index in [4.69, 9.17) is 15.4 Å². The Labute approximate surface area is 120 Å². The third kappa shape index (κ3) is 4.94. The van der Waals surface area contributed by atoms with Crippen molar-refractivity contribution in [1.82, 2.24) is 4.90 Å². The van der Waals surface area contributed by atoms with Crippen LogP contribution in [0.1, 0.15) is 30.8 Å². The van der Waals surface area contributed by atoms with Gasteiger partial charge in [-0.05, 0) is 34.0 Å². The summed E-state index contributed by atoms with van der Waals surface area (Å²) in [5.74, 6) is 0.481. The Morgan fingerprint density at radius 2 is 2.26 bits per heavy atom. The molecular formula is C12H18BrN3O3. The summed E-state index contributed by atoms with van der Waals surface area (Å²) in [6.45, 7) is 4.99. The van der Waals surface area contributed by atoms with Gasteiger partial charge in [0.05, 0.1) is 0 Å². The van der Waals surface area contributed by atoms with Crippen LogP contribution in [0.3, 0.4) is 0 Å². The second kappa shape index (κ2) is 7.18.